The molecule has 1 atom stereocenters. The van der Waals surface area contributed by atoms with Gasteiger partial charge in [-0.15, -0.1) is 11.3 Å². The first-order valence-electron chi connectivity index (χ1n) is 14.0. The molecule has 7 rings (SSSR count). The van der Waals surface area contributed by atoms with Crippen molar-refractivity contribution in [3.8, 4) is 17.2 Å². The summed E-state index contributed by atoms with van der Waals surface area (Å²) in [5.74, 6) is 0.00246. The van der Waals surface area contributed by atoms with Crippen LogP contribution in [0, 0.1) is 23.0 Å². The third-order valence-electron chi connectivity index (χ3n) is 9.26. The minimum Gasteiger partial charge on any atom is -0.389 e. The van der Waals surface area contributed by atoms with Gasteiger partial charge in [0.1, 0.15) is 34.0 Å². The average Bonchev–Trinajstić information content (AvgIpc) is 3.33. The zero-order valence-electron chi connectivity index (χ0n) is 24.2. The van der Waals surface area contributed by atoms with Gasteiger partial charge in [-0.2, -0.15) is 10.2 Å². The molecule has 13 heteroatoms. The van der Waals surface area contributed by atoms with E-state index in [0.717, 1.165) is 43.0 Å². The summed E-state index contributed by atoms with van der Waals surface area (Å²) in [4.78, 5) is 20.2. The lowest BCUT2D eigenvalue weighted by molar-refractivity contribution is -0.0135. The Balaban J connectivity index is 1.45. The van der Waals surface area contributed by atoms with Gasteiger partial charge >= 0.3 is 0 Å². The van der Waals surface area contributed by atoms with Crippen molar-refractivity contribution in [3.05, 3.63) is 64.3 Å². The zero-order valence-corrected chi connectivity index (χ0v) is 25.8. The van der Waals surface area contributed by atoms with Crippen molar-refractivity contribution in [3.63, 3.8) is 0 Å². The number of likely N-dealkylation sites (tertiary alicyclic amines) is 1. The van der Waals surface area contributed by atoms with Gasteiger partial charge in [-0.3, -0.25) is 4.90 Å². The standard InChI is InChI=1S/C31H28ClF2N9S/c1-15(16-5-4-9-38-27(16)36)42(3)29-18-11-20(32)23(17-6-7-21(33)26-22(17)19(12-35)28(37)44-26)24(34)25(18)39-30(40-29)43-13-31(14-43)8-10-41(31)2/h4-7,9,11,15H,8,10,13-14,37H2,1-3H3,(H2,36,38)/t15-/m1/s1. The Morgan fingerprint density at radius 2 is 1.98 bits per heavy atom. The van der Waals surface area contributed by atoms with E-state index in [-0.39, 0.29) is 53.9 Å². The maximum absolute atomic E-state index is 16.9. The number of likely N-dealkylation sites (N-methyl/N-ethyl adjacent to an activating group) is 1. The summed E-state index contributed by atoms with van der Waals surface area (Å²) in [5, 5.41) is 10.7. The fraction of sp³-hybridized carbons (Fsp3) is 0.290. The quantitative estimate of drug-likeness (QED) is 0.241. The first kappa shape index (κ1) is 28.5. The van der Waals surface area contributed by atoms with Crippen molar-refractivity contribution >= 4 is 66.5 Å². The number of nitrogen functional groups attached to an aromatic ring is 2. The number of nitriles is 1. The van der Waals surface area contributed by atoms with Crippen LogP contribution in [-0.2, 0) is 0 Å². The molecule has 0 bridgehead atoms. The van der Waals surface area contributed by atoms with Gasteiger partial charge in [0, 0.05) is 54.8 Å². The van der Waals surface area contributed by atoms with Crippen LogP contribution in [-0.4, -0.2) is 59.1 Å². The molecular weight excluding hydrogens is 604 g/mol. The molecule has 5 aromatic rings. The topological polar surface area (TPSA) is 124 Å². The highest BCUT2D eigenvalue weighted by molar-refractivity contribution is 7.23. The Hall–Kier alpha value is -4.31. The molecule has 0 aliphatic carbocycles. The molecule has 3 aromatic heterocycles. The minimum absolute atomic E-state index is 0.0140. The van der Waals surface area contributed by atoms with Crippen LogP contribution in [0.4, 0.5) is 31.4 Å². The van der Waals surface area contributed by atoms with Gasteiger partial charge in [0.25, 0.3) is 0 Å². The van der Waals surface area contributed by atoms with E-state index in [9.17, 15) is 9.65 Å². The number of halogens is 3. The maximum atomic E-state index is 16.9. The van der Waals surface area contributed by atoms with E-state index < -0.39 is 11.6 Å². The highest BCUT2D eigenvalue weighted by Crippen LogP contribution is 2.47. The van der Waals surface area contributed by atoms with E-state index >= 15 is 4.39 Å². The second-order valence-corrected chi connectivity index (χ2v) is 13.0. The number of thiophene rings is 1. The lowest BCUT2D eigenvalue weighted by Crippen LogP contribution is -2.76. The number of pyridine rings is 1. The molecule has 0 radical (unpaired) electrons. The van der Waals surface area contributed by atoms with Crippen LogP contribution in [0.3, 0.4) is 0 Å². The number of fused-ring (bicyclic) bond motifs is 2. The lowest BCUT2D eigenvalue weighted by atomic mass is 9.78. The summed E-state index contributed by atoms with van der Waals surface area (Å²) >= 11 is 7.78. The van der Waals surface area contributed by atoms with Crippen LogP contribution in [0.25, 0.3) is 32.1 Å². The highest BCUT2D eigenvalue weighted by Gasteiger charge is 2.52. The number of benzene rings is 2. The molecule has 224 valence electrons. The largest absolute Gasteiger partial charge is 0.389 e. The van der Waals surface area contributed by atoms with Gasteiger partial charge in [0.15, 0.2) is 5.82 Å². The van der Waals surface area contributed by atoms with Crippen LogP contribution in [0.15, 0.2) is 36.5 Å². The number of hydrogen-bond acceptors (Lipinski definition) is 10. The molecule has 5 heterocycles. The second kappa shape index (κ2) is 10.1. The Morgan fingerprint density at radius 3 is 2.64 bits per heavy atom. The minimum atomic E-state index is -0.697. The van der Waals surface area contributed by atoms with Gasteiger partial charge in [-0.1, -0.05) is 23.7 Å². The van der Waals surface area contributed by atoms with Crippen molar-refractivity contribution in [1.29, 1.82) is 5.26 Å². The van der Waals surface area contributed by atoms with Gasteiger partial charge in [0.2, 0.25) is 5.95 Å². The molecule has 4 N–H and O–H groups in total. The predicted octanol–water partition coefficient (Wildman–Crippen LogP) is 5.97. The third kappa shape index (κ3) is 4.07. The van der Waals surface area contributed by atoms with Crippen LogP contribution >= 0.6 is 22.9 Å². The van der Waals surface area contributed by atoms with Crippen molar-refractivity contribution < 1.29 is 8.78 Å². The molecule has 9 nitrogen and oxygen atoms in total. The van der Waals surface area contributed by atoms with E-state index in [2.05, 4.69) is 16.9 Å². The molecule has 2 aliphatic rings. The highest BCUT2D eigenvalue weighted by atomic mass is 35.5. The Kier molecular flexibility index (Phi) is 6.55. The molecule has 0 unspecified atom stereocenters. The van der Waals surface area contributed by atoms with Crippen LogP contribution in [0.5, 0.6) is 0 Å². The summed E-state index contributed by atoms with van der Waals surface area (Å²) in [6, 6.07) is 9.75. The summed E-state index contributed by atoms with van der Waals surface area (Å²) in [7, 11) is 3.96. The maximum Gasteiger partial charge on any atom is 0.228 e. The van der Waals surface area contributed by atoms with E-state index in [1.54, 1.807) is 12.3 Å². The molecule has 2 fully saturated rings. The molecule has 2 aromatic carbocycles. The van der Waals surface area contributed by atoms with Gasteiger partial charge < -0.3 is 21.3 Å². The molecule has 2 aliphatic heterocycles. The van der Waals surface area contributed by atoms with Crippen LogP contribution in [0.2, 0.25) is 5.02 Å². The normalized spacial score (nSPS) is 16.6. The summed E-state index contributed by atoms with van der Waals surface area (Å²) in [6.45, 7) is 4.45. The van der Waals surface area contributed by atoms with E-state index in [0.29, 0.717) is 23.0 Å². The van der Waals surface area contributed by atoms with Crippen molar-refractivity contribution in [2.75, 3.05) is 55.0 Å². The Morgan fingerprint density at radius 1 is 1.20 bits per heavy atom. The van der Waals surface area contributed by atoms with Crippen LogP contribution in [0.1, 0.15) is 30.5 Å². The molecule has 0 saturated carbocycles. The number of nitrogens with two attached hydrogens (primary N) is 2. The number of aromatic nitrogens is 3. The summed E-state index contributed by atoms with van der Waals surface area (Å²) in [5.41, 5.74) is 13.6. The second-order valence-electron chi connectivity index (χ2n) is 11.6. The summed E-state index contributed by atoms with van der Waals surface area (Å²) < 4.78 is 31.9. The van der Waals surface area contributed by atoms with E-state index in [1.165, 1.54) is 12.1 Å². The fourth-order valence-electron chi connectivity index (χ4n) is 6.37. The fourth-order valence-corrected chi connectivity index (χ4v) is 7.61. The molecular formula is C31H28ClF2N9S. The third-order valence-corrected chi connectivity index (χ3v) is 10.6. The predicted molar refractivity (Wildman–Crippen MR) is 172 cm³/mol. The molecule has 1 spiro atoms. The first-order chi connectivity index (χ1) is 21.0. The van der Waals surface area contributed by atoms with Crippen molar-refractivity contribution in [1.82, 2.24) is 19.9 Å². The van der Waals surface area contributed by atoms with Crippen molar-refractivity contribution in [2.45, 2.75) is 24.9 Å². The number of rotatable bonds is 5. The van der Waals surface area contributed by atoms with Gasteiger partial charge in [-0.25, -0.2) is 18.7 Å². The Labute approximate surface area is 261 Å². The zero-order chi connectivity index (χ0) is 31.1. The molecule has 0 amide bonds. The molecule has 44 heavy (non-hydrogen) atoms. The molecule has 2 saturated heterocycles. The van der Waals surface area contributed by atoms with Gasteiger partial charge in [-0.05, 0) is 44.2 Å². The van der Waals surface area contributed by atoms with Crippen LogP contribution < -0.4 is 21.3 Å². The van der Waals surface area contributed by atoms with E-state index in [4.69, 9.17) is 33.0 Å². The number of nitrogens with zero attached hydrogens (tertiary/aromatic N) is 7. The average molecular weight is 632 g/mol. The lowest BCUT2D eigenvalue weighted by Gasteiger charge is -2.61. The van der Waals surface area contributed by atoms with Crippen molar-refractivity contribution in [2.24, 2.45) is 0 Å². The monoisotopic (exact) mass is 631 g/mol. The number of anilines is 4. The summed E-state index contributed by atoms with van der Waals surface area (Å²) in [6.07, 6.45) is 2.71. The number of hydrogen-bond donors (Lipinski definition) is 2. The smallest absolute Gasteiger partial charge is 0.228 e. The Bertz CT molecular complexity index is 2040. The first-order valence-corrected chi connectivity index (χ1v) is 15.2. The SMILES string of the molecule is C[C@H](c1cccnc1N)N(C)c1nc(N2CC3(CCN3C)C2)nc2c(F)c(-c3ccc(F)c4sc(N)c(C#N)c34)c(Cl)cc12. The van der Waals surface area contributed by atoms with E-state index in [1.807, 2.05) is 42.0 Å². The van der Waals surface area contributed by atoms with Gasteiger partial charge in [0.05, 0.1) is 26.9 Å².